The number of carbonyl (C=O) groups excluding carboxylic acids is 1. The second kappa shape index (κ2) is 7.67. The Kier molecular flexibility index (Phi) is 6.15. The Labute approximate surface area is 108 Å². The van der Waals surface area contributed by atoms with Gasteiger partial charge in [-0.05, 0) is 36.1 Å². The zero-order valence-electron chi connectivity index (χ0n) is 11.2. The average Bonchev–Trinajstić information content (AvgIpc) is 2.39. The summed E-state index contributed by atoms with van der Waals surface area (Å²) >= 11 is 0. The summed E-state index contributed by atoms with van der Waals surface area (Å²) in [6, 6.07) is 7.79. The van der Waals surface area contributed by atoms with Gasteiger partial charge in [-0.1, -0.05) is 25.1 Å². The summed E-state index contributed by atoms with van der Waals surface area (Å²) in [7, 11) is 1.65. The van der Waals surface area contributed by atoms with Crippen molar-refractivity contribution >= 4 is 6.29 Å². The third-order valence-electron chi connectivity index (χ3n) is 2.54. The van der Waals surface area contributed by atoms with Crippen molar-refractivity contribution in [1.29, 1.82) is 0 Å². The minimum Gasteiger partial charge on any atom is -0.497 e. The van der Waals surface area contributed by atoms with Crippen molar-refractivity contribution in [2.75, 3.05) is 13.7 Å². The Morgan fingerprint density at radius 1 is 1.33 bits per heavy atom. The molecule has 1 rings (SSSR count). The molecule has 3 nitrogen and oxygen atoms in total. The predicted molar refractivity (Wildman–Crippen MR) is 71.6 cm³/mol. The third-order valence-corrected chi connectivity index (χ3v) is 2.54. The number of ether oxygens (including phenoxy) is 2. The lowest BCUT2D eigenvalue weighted by molar-refractivity contribution is -0.104. The SMILES string of the molecule is COc1ccc(COC[C@H](C)/C=C(\C)C=O)cc1. The molecule has 1 aromatic rings. The largest absolute Gasteiger partial charge is 0.497 e. The van der Waals surface area contributed by atoms with E-state index in [1.807, 2.05) is 37.3 Å². The summed E-state index contributed by atoms with van der Waals surface area (Å²) in [6.07, 6.45) is 2.78. The summed E-state index contributed by atoms with van der Waals surface area (Å²) in [5, 5.41) is 0. The highest BCUT2D eigenvalue weighted by molar-refractivity contribution is 5.72. The van der Waals surface area contributed by atoms with Crippen molar-refractivity contribution in [2.45, 2.75) is 20.5 Å². The Balaban J connectivity index is 2.34. The molecule has 0 saturated heterocycles. The highest BCUT2D eigenvalue weighted by Gasteiger charge is 2.00. The van der Waals surface area contributed by atoms with Gasteiger partial charge < -0.3 is 9.47 Å². The Bertz CT molecular complexity index is 393. The number of hydrogen-bond donors (Lipinski definition) is 0. The molecule has 1 atom stereocenters. The molecule has 98 valence electrons. The number of aldehydes is 1. The van der Waals surface area contributed by atoms with Crippen molar-refractivity contribution in [3.63, 3.8) is 0 Å². The molecule has 0 N–H and O–H groups in total. The summed E-state index contributed by atoms with van der Waals surface area (Å²) in [4.78, 5) is 10.5. The summed E-state index contributed by atoms with van der Waals surface area (Å²) < 4.78 is 10.7. The summed E-state index contributed by atoms with van der Waals surface area (Å²) in [5.41, 5.74) is 1.86. The lowest BCUT2D eigenvalue weighted by Crippen LogP contribution is -2.04. The molecule has 0 unspecified atom stereocenters. The predicted octanol–water partition coefficient (Wildman–Crippen LogP) is 2.99. The molecule has 0 spiro atoms. The zero-order valence-corrected chi connectivity index (χ0v) is 11.2. The summed E-state index contributed by atoms with van der Waals surface area (Å²) in [6.45, 7) is 5.01. The van der Waals surface area contributed by atoms with Crippen LogP contribution in [0.25, 0.3) is 0 Å². The van der Waals surface area contributed by atoms with Crippen LogP contribution >= 0.6 is 0 Å². The average molecular weight is 248 g/mol. The van der Waals surface area contributed by atoms with Crippen LogP contribution in [-0.4, -0.2) is 20.0 Å². The van der Waals surface area contributed by atoms with Crippen LogP contribution in [0.15, 0.2) is 35.9 Å². The van der Waals surface area contributed by atoms with E-state index in [1.54, 1.807) is 14.0 Å². The molecule has 1 aromatic carbocycles. The highest BCUT2D eigenvalue weighted by Crippen LogP contribution is 2.12. The van der Waals surface area contributed by atoms with Gasteiger partial charge in [0, 0.05) is 0 Å². The molecule has 0 radical (unpaired) electrons. The van der Waals surface area contributed by atoms with Crippen LogP contribution in [0.4, 0.5) is 0 Å². The van der Waals surface area contributed by atoms with Crippen LogP contribution in [0.3, 0.4) is 0 Å². The van der Waals surface area contributed by atoms with Gasteiger partial charge in [0.25, 0.3) is 0 Å². The van der Waals surface area contributed by atoms with E-state index < -0.39 is 0 Å². The first-order chi connectivity index (χ1) is 8.65. The van der Waals surface area contributed by atoms with Crippen molar-refractivity contribution in [3.05, 3.63) is 41.5 Å². The quantitative estimate of drug-likeness (QED) is 0.549. The van der Waals surface area contributed by atoms with E-state index in [4.69, 9.17) is 9.47 Å². The minimum absolute atomic E-state index is 0.244. The maximum atomic E-state index is 10.5. The van der Waals surface area contributed by atoms with E-state index in [2.05, 4.69) is 0 Å². The molecule has 0 bridgehead atoms. The molecule has 18 heavy (non-hydrogen) atoms. The molecule has 0 amide bonds. The van der Waals surface area contributed by atoms with Crippen LogP contribution in [0.2, 0.25) is 0 Å². The molecule has 0 aliphatic carbocycles. The van der Waals surface area contributed by atoms with Crippen molar-refractivity contribution < 1.29 is 14.3 Å². The van der Waals surface area contributed by atoms with E-state index in [9.17, 15) is 4.79 Å². The smallest absolute Gasteiger partial charge is 0.145 e. The number of methoxy groups -OCH3 is 1. The molecule has 0 aliphatic rings. The number of hydrogen-bond acceptors (Lipinski definition) is 3. The fourth-order valence-electron chi connectivity index (χ4n) is 1.62. The maximum Gasteiger partial charge on any atom is 0.145 e. The molecule has 0 saturated carbocycles. The Hall–Kier alpha value is -1.61. The first kappa shape index (κ1) is 14.5. The van der Waals surface area contributed by atoms with Crippen molar-refractivity contribution in [3.8, 4) is 5.75 Å². The third kappa shape index (κ3) is 5.15. The van der Waals surface area contributed by atoms with Gasteiger partial charge in [0.15, 0.2) is 0 Å². The molecule has 0 aliphatic heterocycles. The van der Waals surface area contributed by atoms with Gasteiger partial charge in [0.05, 0.1) is 20.3 Å². The minimum atomic E-state index is 0.244. The fourth-order valence-corrected chi connectivity index (χ4v) is 1.62. The zero-order chi connectivity index (χ0) is 13.4. The van der Waals surface area contributed by atoms with Gasteiger partial charge >= 0.3 is 0 Å². The lowest BCUT2D eigenvalue weighted by atomic mass is 10.1. The van der Waals surface area contributed by atoms with Crippen molar-refractivity contribution in [1.82, 2.24) is 0 Å². The van der Waals surface area contributed by atoms with Gasteiger partial charge in [-0.2, -0.15) is 0 Å². The number of benzene rings is 1. The summed E-state index contributed by atoms with van der Waals surface area (Å²) in [5.74, 6) is 1.09. The number of rotatable bonds is 7. The van der Waals surface area contributed by atoms with E-state index in [0.29, 0.717) is 13.2 Å². The highest BCUT2D eigenvalue weighted by atomic mass is 16.5. The van der Waals surface area contributed by atoms with Gasteiger partial charge in [-0.25, -0.2) is 0 Å². The number of allylic oxidation sites excluding steroid dienone is 1. The molecule has 0 fully saturated rings. The molecule has 3 heteroatoms. The van der Waals surface area contributed by atoms with E-state index in [0.717, 1.165) is 23.2 Å². The van der Waals surface area contributed by atoms with Crippen LogP contribution in [0, 0.1) is 5.92 Å². The van der Waals surface area contributed by atoms with Crippen LogP contribution in [-0.2, 0) is 16.1 Å². The van der Waals surface area contributed by atoms with Gasteiger partial charge in [-0.15, -0.1) is 0 Å². The molecule has 0 heterocycles. The van der Waals surface area contributed by atoms with E-state index >= 15 is 0 Å². The van der Waals surface area contributed by atoms with Crippen LogP contribution in [0.5, 0.6) is 5.75 Å². The van der Waals surface area contributed by atoms with Gasteiger partial charge in [0.2, 0.25) is 0 Å². The van der Waals surface area contributed by atoms with Crippen LogP contribution < -0.4 is 4.74 Å². The first-order valence-corrected chi connectivity index (χ1v) is 6.00. The van der Waals surface area contributed by atoms with Gasteiger partial charge in [0.1, 0.15) is 12.0 Å². The second-order valence-corrected chi connectivity index (χ2v) is 4.37. The molecular formula is C15H20O3. The second-order valence-electron chi connectivity index (χ2n) is 4.37. The maximum absolute atomic E-state index is 10.5. The van der Waals surface area contributed by atoms with Crippen LogP contribution in [0.1, 0.15) is 19.4 Å². The van der Waals surface area contributed by atoms with E-state index in [-0.39, 0.29) is 5.92 Å². The Morgan fingerprint density at radius 2 is 2.00 bits per heavy atom. The standard InChI is InChI=1S/C15H20O3/c1-12(9-16)8-13(2)10-18-11-14-4-6-15(17-3)7-5-14/h4-9,13H,10-11H2,1-3H3/b12-8+/t13-/m1/s1. The molecule has 0 aromatic heterocycles. The number of carbonyl (C=O) groups is 1. The fraction of sp³-hybridized carbons (Fsp3) is 0.400. The topological polar surface area (TPSA) is 35.5 Å². The monoisotopic (exact) mass is 248 g/mol. The normalized spacial score (nSPS) is 13.2. The van der Waals surface area contributed by atoms with Gasteiger partial charge in [-0.3, -0.25) is 4.79 Å². The first-order valence-electron chi connectivity index (χ1n) is 6.00. The van der Waals surface area contributed by atoms with Crippen molar-refractivity contribution in [2.24, 2.45) is 5.92 Å². The van der Waals surface area contributed by atoms with E-state index in [1.165, 1.54) is 0 Å². The Morgan fingerprint density at radius 3 is 2.56 bits per heavy atom. The molecular weight excluding hydrogens is 228 g/mol. The lowest BCUT2D eigenvalue weighted by Gasteiger charge is -2.09.